The zero-order valence-electron chi connectivity index (χ0n) is 9.64. The van der Waals surface area contributed by atoms with E-state index < -0.39 is 11.6 Å². The Morgan fingerprint density at radius 1 is 1.44 bits per heavy atom. The standard InChI is InChI=1S/C10H13BrF2N4O/c1-18-3-2-15-10(17-14)16-9-5-7(12)6(11)4-8(9)13/h4-5H,2-3,14H2,1H3,(H2,15,16,17). The Bertz CT molecular complexity index is 442. The number of nitrogens with one attached hydrogen (secondary N) is 2. The second-order valence-electron chi connectivity index (χ2n) is 3.24. The van der Waals surface area contributed by atoms with Crippen molar-refractivity contribution in [3.8, 4) is 0 Å². The first-order valence-electron chi connectivity index (χ1n) is 5.00. The molecule has 4 N–H and O–H groups in total. The van der Waals surface area contributed by atoms with Crippen molar-refractivity contribution in [2.24, 2.45) is 10.8 Å². The van der Waals surface area contributed by atoms with Crippen molar-refractivity contribution in [1.29, 1.82) is 0 Å². The topological polar surface area (TPSA) is 71.7 Å². The Balaban J connectivity index is 2.81. The number of guanidine groups is 1. The maximum atomic E-state index is 13.5. The zero-order chi connectivity index (χ0) is 13.5. The Hall–Kier alpha value is -1.25. The minimum Gasteiger partial charge on any atom is -0.383 e. The maximum absolute atomic E-state index is 13.5. The van der Waals surface area contributed by atoms with Crippen LogP contribution in [0.25, 0.3) is 0 Å². The number of nitrogens with two attached hydrogens (primary N) is 1. The van der Waals surface area contributed by atoms with Crippen LogP contribution in [0, 0.1) is 11.6 Å². The molecule has 0 atom stereocenters. The third kappa shape index (κ3) is 4.21. The number of hydrogen-bond donors (Lipinski definition) is 3. The van der Waals surface area contributed by atoms with E-state index >= 15 is 0 Å². The Labute approximate surface area is 112 Å². The van der Waals surface area contributed by atoms with Crippen molar-refractivity contribution in [3.63, 3.8) is 0 Å². The predicted octanol–water partition coefficient (Wildman–Crippen LogP) is 1.60. The van der Waals surface area contributed by atoms with E-state index in [-0.39, 0.29) is 16.1 Å². The monoisotopic (exact) mass is 322 g/mol. The minimum atomic E-state index is -0.627. The lowest BCUT2D eigenvalue weighted by Crippen LogP contribution is -2.36. The number of halogens is 3. The summed E-state index contributed by atoms with van der Waals surface area (Å²) in [5.74, 6) is 4.11. The predicted molar refractivity (Wildman–Crippen MR) is 69.2 cm³/mol. The summed E-state index contributed by atoms with van der Waals surface area (Å²) in [6, 6.07) is 2.02. The van der Waals surface area contributed by atoms with Crippen molar-refractivity contribution in [2.75, 3.05) is 25.6 Å². The molecule has 0 amide bonds. The average molecular weight is 323 g/mol. The van der Waals surface area contributed by atoms with Crippen LogP contribution in [0.2, 0.25) is 0 Å². The number of rotatable bonds is 4. The summed E-state index contributed by atoms with van der Waals surface area (Å²) < 4.78 is 31.6. The van der Waals surface area contributed by atoms with Crippen LogP contribution in [0.15, 0.2) is 21.6 Å². The molecule has 18 heavy (non-hydrogen) atoms. The lowest BCUT2D eigenvalue weighted by molar-refractivity contribution is 0.208. The number of methoxy groups -OCH3 is 1. The van der Waals surface area contributed by atoms with Crippen LogP contribution in [0.3, 0.4) is 0 Å². The van der Waals surface area contributed by atoms with E-state index in [9.17, 15) is 8.78 Å². The van der Waals surface area contributed by atoms with E-state index in [0.29, 0.717) is 13.2 Å². The fourth-order valence-corrected chi connectivity index (χ4v) is 1.43. The molecule has 0 saturated carbocycles. The molecular weight excluding hydrogens is 310 g/mol. The van der Waals surface area contributed by atoms with E-state index in [1.807, 2.05) is 0 Å². The zero-order valence-corrected chi connectivity index (χ0v) is 11.2. The van der Waals surface area contributed by atoms with E-state index in [1.165, 1.54) is 7.11 Å². The molecule has 8 heteroatoms. The third-order valence-electron chi connectivity index (χ3n) is 1.97. The highest BCUT2D eigenvalue weighted by Gasteiger charge is 2.09. The first-order chi connectivity index (χ1) is 8.58. The summed E-state index contributed by atoms with van der Waals surface area (Å²) in [7, 11) is 1.53. The van der Waals surface area contributed by atoms with Gasteiger partial charge in [0.2, 0.25) is 5.96 Å². The van der Waals surface area contributed by atoms with E-state index in [4.69, 9.17) is 10.6 Å². The molecule has 1 aromatic carbocycles. The summed E-state index contributed by atoms with van der Waals surface area (Å²) in [6.07, 6.45) is 0. The van der Waals surface area contributed by atoms with Gasteiger partial charge >= 0.3 is 0 Å². The maximum Gasteiger partial charge on any atom is 0.210 e. The lowest BCUT2D eigenvalue weighted by atomic mass is 10.3. The van der Waals surface area contributed by atoms with Gasteiger partial charge in [-0.3, -0.25) is 5.43 Å². The molecule has 1 aromatic rings. The van der Waals surface area contributed by atoms with Crippen LogP contribution in [-0.4, -0.2) is 26.2 Å². The minimum absolute atomic E-state index is 0.0455. The number of hydrogen-bond acceptors (Lipinski definition) is 3. The molecule has 0 heterocycles. The molecule has 0 unspecified atom stereocenters. The van der Waals surface area contributed by atoms with E-state index in [0.717, 1.165) is 12.1 Å². The van der Waals surface area contributed by atoms with E-state index in [2.05, 4.69) is 31.7 Å². The van der Waals surface area contributed by atoms with Gasteiger partial charge in [-0.25, -0.2) is 19.6 Å². The highest BCUT2D eigenvalue weighted by Crippen LogP contribution is 2.23. The van der Waals surface area contributed by atoms with Gasteiger partial charge in [0, 0.05) is 13.2 Å². The SMILES string of the molecule is COCCN=C(NN)Nc1cc(F)c(Br)cc1F. The van der Waals surface area contributed by atoms with E-state index in [1.54, 1.807) is 0 Å². The van der Waals surface area contributed by atoms with Crippen molar-refractivity contribution in [1.82, 2.24) is 5.43 Å². The first-order valence-corrected chi connectivity index (χ1v) is 5.79. The van der Waals surface area contributed by atoms with Crippen LogP contribution in [-0.2, 0) is 4.74 Å². The molecule has 0 saturated heterocycles. The normalized spacial score (nSPS) is 11.5. The highest BCUT2D eigenvalue weighted by atomic mass is 79.9. The van der Waals surface area contributed by atoms with Gasteiger partial charge in [-0.05, 0) is 22.0 Å². The quantitative estimate of drug-likeness (QED) is 0.197. The van der Waals surface area contributed by atoms with Gasteiger partial charge in [0.25, 0.3) is 0 Å². The number of ether oxygens (including phenoxy) is 1. The summed E-state index contributed by atoms with van der Waals surface area (Å²) in [5.41, 5.74) is 2.19. The van der Waals surface area contributed by atoms with Crippen LogP contribution in [0.1, 0.15) is 0 Å². The summed E-state index contributed by atoms with van der Waals surface area (Å²) in [5, 5.41) is 2.55. The van der Waals surface area contributed by atoms with Gasteiger partial charge in [0.15, 0.2) is 0 Å². The van der Waals surface area contributed by atoms with Crippen LogP contribution in [0.4, 0.5) is 14.5 Å². The van der Waals surface area contributed by atoms with Crippen LogP contribution in [0.5, 0.6) is 0 Å². The Kier molecular flexibility index (Phi) is 5.96. The van der Waals surface area contributed by atoms with Crippen molar-refractivity contribution >= 4 is 27.6 Å². The summed E-state index contributed by atoms with van der Waals surface area (Å²) >= 11 is 2.88. The molecule has 1 rings (SSSR count). The molecule has 0 aromatic heterocycles. The van der Waals surface area contributed by atoms with Crippen molar-refractivity contribution in [2.45, 2.75) is 0 Å². The van der Waals surface area contributed by atoms with Gasteiger partial charge in [0.05, 0.1) is 23.3 Å². The van der Waals surface area contributed by atoms with Crippen LogP contribution >= 0.6 is 15.9 Å². The number of aliphatic imine (C=N–C) groups is 1. The van der Waals surface area contributed by atoms with Crippen molar-refractivity contribution in [3.05, 3.63) is 28.2 Å². The van der Waals surface area contributed by atoms with Crippen molar-refractivity contribution < 1.29 is 13.5 Å². The molecule has 0 aliphatic carbocycles. The smallest absolute Gasteiger partial charge is 0.210 e. The number of anilines is 1. The van der Waals surface area contributed by atoms with Gasteiger partial charge in [-0.1, -0.05) is 0 Å². The third-order valence-corrected chi connectivity index (χ3v) is 2.57. The van der Waals surface area contributed by atoms with Gasteiger partial charge in [-0.15, -0.1) is 0 Å². The molecule has 100 valence electrons. The van der Waals surface area contributed by atoms with Gasteiger partial charge < -0.3 is 10.1 Å². The Morgan fingerprint density at radius 2 is 2.17 bits per heavy atom. The summed E-state index contributed by atoms with van der Waals surface area (Å²) in [4.78, 5) is 3.96. The molecule has 0 aliphatic rings. The molecule has 5 nitrogen and oxygen atoms in total. The highest BCUT2D eigenvalue weighted by molar-refractivity contribution is 9.10. The van der Waals surface area contributed by atoms with Gasteiger partial charge in [0.1, 0.15) is 11.6 Å². The molecule has 0 bridgehead atoms. The molecule has 0 radical (unpaired) electrons. The average Bonchev–Trinajstić information content (AvgIpc) is 2.34. The summed E-state index contributed by atoms with van der Waals surface area (Å²) in [6.45, 7) is 0.730. The lowest BCUT2D eigenvalue weighted by Gasteiger charge is -2.10. The van der Waals surface area contributed by atoms with Gasteiger partial charge in [-0.2, -0.15) is 0 Å². The first kappa shape index (κ1) is 14.8. The fraction of sp³-hybridized carbons (Fsp3) is 0.300. The number of hydrazine groups is 1. The molecular formula is C10H13BrF2N4O. The molecule has 0 spiro atoms. The second kappa shape index (κ2) is 7.24. The number of benzene rings is 1. The molecule has 0 aliphatic heterocycles. The number of nitrogens with zero attached hydrogens (tertiary/aromatic N) is 1. The second-order valence-corrected chi connectivity index (χ2v) is 4.09. The fourth-order valence-electron chi connectivity index (χ4n) is 1.12. The largest absolute Gasteiger partial charge is 0.383 e. The van der Waals surface area contributed by atoms with Crippen LogP contribution < -0.4 is 16.6 Å². The molecule has 0 fully saturated rings. The Morgan fingerprint density at radius 3 is 2.78 bits per heavy atom.